The minimum absolute atomic E-state index is 0.189. The molecule has 0 aliphatic carbocycles. The van der Waals surface area contributed by atoms with Gasteiger partial charge in [0.2, 0.25) is 11.7 Å². The van der Waals surface area contributed by atoms with E-state index in [1.807, 2.05) is 74.4 Å². The van der Waals surface area contributed by atoms with E-state index in [2.05, 4.69) is 30.7 Å². The van der Waals surface area contributed by atoms with Crippen LogP contribution in [0.3, 0.4) is 0 Å². The lowest BCUT2D eigenvalue weighted by Gasteiger charge is -2.23. The fourth-order valence-electron chi connectivity index (χ4n) is 4.29. The molecule has 5 aromatic rings. The third kappa shape index (κ3) is 7.66. The fourth-order valence-corrected chi connectivity index (χ4v) is 4.29. The van der Waals surface area contributed by atoms with Crippen molar-refractivity contribution in [2.75, 3.05) is 37.8 Å². The summed E-state index contributed by atoms with van der Waals surface area (Å²) in [4.78, 5) is 42.9. The number of carbonyl (C=O) groups excluding carboxylic acids is 2. The highest BCUT2D eigenvalue weighted by molar-refractivity contribution is 6.04. The van der Waals surface area contributed by atoms with Crippen LogP contribution in [0.1, 0.15) is 32.0 Å². The van der Waals surface area contributed by atoms with Gasteiger partial charge in [-0.2, -0.15) is 0 Å². The van der Waals surface area contributed by atoms with Crippen molar-refractivity contribution in [3.05, 3.63) is 114 Å². The normalized spacial score (nSPS) is 10.9. The number of rotatable bonds is 11. The van der Waals surface area contributed by atoms with E-state index in [9.17, 15) is 9.59 Å². The molecule has 5 rings (SSSR count). The van der Waals surface area contributed by atoms with Gasteiger partial charge in [0, 0.05) is 66.8 Å². The number of anilines is 3. The highest BCUT2D eigenvalue weighted by atomic mass is 16.5. The van der Waals surface area contributed by atoms with E-state index in [0.717, 1.165) is 28.1 Å². The van der Waals surface area contributed by atoms with Crippen LogP contribution in [-0.2, 0) is 6.54 Å². The Hall–Kier alpha value is -5.42. The van der Waals surface area contributed by atoms with Gasteiger partial charge in [-0.25, -0.2) is 9.97 Å². The molecule has 0 aliphatic rings. The van der Waals surface area contributed by atoms with Crippen LogP contribution in [0.25, 0.3) is 11.3 Å². The van der Waals surface area contributed by atoms with Gasteiger partial charge in [0.25, 0.3) is 11.8 Å². The standard InChI is InChI=1S/C32H32N8O3/c1-22-6-11-26(19-28(22)38-32-34-15-12-27(37-32)25-5-4-14-33-20-25)36-30(41)24-9-7-23(8-10-24)21-40(18-17-39(2)3)31(42)29-13-16-35-43-29/h4-16,19-20H,17-18,21H2,1-3H3,(H,36,41)(H,34,37,38). The Morgan fingerprint density at radius 1 is 0.930 bits per heavy atom. The van der Waals surface area contributed by atoms with Crippen molar-refractivity contribution >= 4 is 29.1 Å². The van der Waals surface area contributed by atoms with Crippen molar-refractivity contribution in [3.8, 4) is 11.3 Å². The molecule has 2 N–H and O–H groups in total. The van der Waals surface area contributed by atoms with E-state index >= 15 is 0 Å². The molecule has 2 aromatic carbocycles. The van der Waals surface area contributed by atoms with Gasteiger partial charge >= 0.3 is 0 Å². The molecule has 0 radical (unpaired) electrons. The average Bonchev–Trinajstić information content (AvgIpc) is 3.57. The number of nitrogens with one attached hydrogen (secondary N) is 2. The smallest absolute Gasteiger partial charge is 0.292 e. The lowest BCUT2D eigenvalue weighted by atomic mass is 10.1. The molecular weight excluding hydrogens is 544 g/mol. The van der Waals surface area contributed by atoms with Crippen LogP contribution < -0.4 is 10.6 Å². The minimum atomic E-state index is -0.252. The molecule has 0 fully saturated rings. The summed E-state index contributed by atoms with van der Waals surface area (Å²) in [5.74, 6) is 0.136. The maximum Gasteiger partial charge on any atom is 0.292 e. The predicted octanol–water partition coefficient (Wildman–Crippen LogP) is 5.03. The predicted molar refractivity (Wildman–Crippen MR) is 164 cm³/mol. The maximum absolute atomic E-state index is 13.1. The van der Waals surface area contributed by atoms with Gasteiger partial charge in [0.05, 0.1) is 11.9 Å². The zero-order chi connectivity index (χ0) is 30.2. The summed E-state index contributed by atoms with van der Waals surface area (Å²) in [7, 11) is 3.90. The first-order chi connectivity index (χ1) is 20.9. The lowest BCUT2D eigenvalue weighted by molar-refractivity contribution is 0.0689. The summed E-state index contributed by atoms with van der Waals surface area (Å²) in [5.41, 5.74) is 5.38. The first-order valence-corrected chi connectivity index (χ1v) is 13.7. The van der Waals surface area contributed by atoms with Gasteiger partial charge in [-0.05, 0) is 74.6 Å². The van der Waals surface area contributed by atoms with Crippen LogP contribution in [0.5, 0.6) is 0 Å². The Morgan fingerprint density at radius 3 is 2.49 bits per heavy atom. The number of benzene rings is 2. The van der Waals surface area contributed by atoms with Crippen LogP contribution in [-0.4, -0.2) is 68.9 Å². The number of carbonyl (C=O) groups is 2. The third-order valence-corrected chi connectivity index (χ3v) is 6.70. The quantitative estimate of drug-likeness (QED) is 0.222. The van der Waals surface area contributed by atoms with Crippen LogP contribution in [0.2, 0.25) is 0 Å². The van der Waals surface area contributed by atoms with Crippen LogP contribution >= 0.6 is 0 Å². The minimum Gasteiger partial charge on any atom is -0.351 e. The molecule has 0 saturated carbocycles. The summed E-state index contributed by atoms with van der Waals surface area (Å²) in [6, 6.07) is 20.0. The zero-order valence-electron chi connectivity index (χ0n) is 24.2. The van der Waals surface area contributed by atoms with E-state index in [4.69, 9.17) is 4.52 Å². The van der Waals surface area contributed by atoms with E-state index in [1.165, 1.54) is 6.20 Å². The Bertz CT molecular complexity index is 1670. The first kappa shape index (κ1) is 29.1. The van der Waals surface area contributed by atoms with Gasteiger partial charge in [-0.3, -0.25) is 14.6 Å². The second-order valence-electron chi connectivity index (χ2n) is 10.2. The van der Waals surface area contributed by atoms with Crippen molar-refractivity contribution < 1.29 is 14.1 Å². The monoisotopic (exact) mass is 576 g/mol. The summed E-state index contributed by atoms with van der Waals surface area (Å²) < 4.78 is 5.08. The Balaban J connectivity index is 1.25. The highest BCUT2D eigenvalue weighted by Gasteiger charge is 2.20. The molecule has 0 unspecified atom stereocenters. The van der Waals surface area contributed by atoms with Gasteiger partial charge in [-0.1, -0.05) is 23.4 Å². The summed E-state index contributed by atoms with van der Waals surface area (Å²) in [6.45, 7) is 3.53. The zero-order valence-corrected chi connectivity index (χ0v) is 24.2. The van der Waals surface area contributed by atoms with Crippen LogP contribution in [0.15, 0.2) is 96.0 Å². The number of pyridine rings is 1. The topological polar surface area (TPSA) is 129 Å². The number of aromatic nitrogens is 4. The van der Waals surface area contributed by atoms with Gasteiger partial charge < -0.3 is 25.0 Å². The van der Waals surface area contributed by atoms with Crippen LogP contribution in [0.4, 0.5) is 17.3 Å². The molecule has 3 heterocycles. The molecular formula is C32H32N8O3. The van der Waals surface area contributed by atoms with Crippen molar-refractivity contribution in [1.82, 2.24) is 29.9 Å². The molecule has 0 aliphatic heterocycles. The molecule has 0 spiro atoms. The van der Waals surface area contributed by atoms with E-state index in [0.29, 0.717) is 36.8 Å². The molecule has 0 bridgehead atoms. The number of nitrogens with zero attached hydrogens (tertiary/aromatic N) is 6. The molecule has 218 valence electrons. The summed E-state index contributed by atoms with van der Waals surface area (Å²) in [5, 5.41) is 9.87. The Kier molecular flexibility index (Phi) is 9.13. The van der Waals surface area contributed by atoms with Crippen molar-refractivity contribution in [3.63, 3.8) is 0 Å². The molecule has 3 aromatic heterocycles. The number of hydrogen-bond acceptors (Lipinski definition) is 9. The Labute approximate surface area is 249 Å². The number of hydrogen-bond donors (Lipinski definition) is 2. The molecule has 0 saturated heterocycles. The maximum atomic E-state index is 13.1. The fraction of sp³-hybridized carbons (Fsp3) is 0.188. The summed E-state index contributed by atoms with van der Waals surface area (Å²) in [6.07, 6.45) is 6.60. The molecule has 43 heavy (non-hydrogen) atoms. The van der Waals surface area contributed by atoms with E-state index in [-0.39, 0.29) is 17.6 Å². The lowest BCUT2D eigenvalue weighted by Crippen LogP contribution is -2.36. The second-order valence-corrected chi connectivity index (χ2v) is 10.2. The number of aryl methyl sites for hydroxylation is 1. The SMILES string of the molecule is Cc1ccc(NC(=O)c2ccc(CN(CCN(C)C)C(=O)c3ccno3)cc2)cc1Nc1nccc(-c2cccnc2)n1. The number of likely N-dealkylation sites (N-methyl/N-ethyl adjacent to an activating group) is 1. The van der Waals surface area contributed by atoms with Gasteiger partial charge in [0.15, 0.2) is 0 Å². The largest absolute Gasteiger partial charge is 0.351 e. The van der Waals surface area contributed by atoms with Crippen LogP contribution in [0, 0.1) is 6.92 Å². The highest BCUT2D eigenvalue weighted by Crippen LogP contribution is 2.25. The molecule has 0 atom stereocenters. The second kappa shape index (κ2) is 13.5. The molecule has 11 heteroatoms. The first-order valence-electron chi connectivity index (χ1n) is 13.7. The van der Waals surface area contributed by atoms with E-state index in [1.54, 1.807) is 41.7 Å². The van der Waals surface area contributed by atoms with Gasteiger partial charge in [0.1, 0.15) is 0 Å². The molecule has 2 amide bonds. The number of amides is 2. The average molecular weight is 577 g/mol. The summed E-state index contributed by atoms with van der Waals surface area (Å²) >= 11 is 0. The van der Waals surface area contributed by atoms with Crippen molar-refractivity contribution in [1.29, 1.82) is 0 Å². The van der Waals surface area contributed by atoms with Crippen molar-refractivity contribution in [2.24, 2.45) is 0 Å². The molecule has 11 nitrogen and oxygen atoms in total. The van der Waals surface area contributed by atoms with Crippen molar-refractivity contribution in [2.45, 2.75) is 13.5 Å². The van der Waals surface area contributed by atoms with E-state index < -0.39 is 0 Å². The Morgan fingerprint density at radius 2 is 1.77 bits per heavy atom. The third-order valence-electron chi connectivity index (χ3n) is 6.70. The van der Waals surface area contributed by atoms with Gasteiger partial charge in [-0.15, -0.1) is 0 Å².